The first-order valence-electron chi connectivity index (χ1n) is 14.3. The van der Waals surface area contributed by atoms with Crippen LogP contribution >= 0.6 is 0 Å². The van der Waals surface area contributed by atoms with Crippen molar-refractivity contribution in [2.45, 2.75) is 44.2 Å². The molecular weight excluding hydrogens is 565 g/mol. The molecule has 1 saturated heterocycles. The molecule has 2 aliphatic rings. The number of pyridine rings is 1. The van der Waals surface area contributed by atoms with E-state index in [1.54, 1.807) is 13.3 Å². The number of benzene rings is 2. The van der Waals surface area contributed by atoms with Crippen LogP contribution in [-0.2, 0) is 19.4 Å². The highest BCUT2D eigenvalue weighted by Gasteiger charge is 2.43. The summed E-state index contributed by atoms with van der Waals surface area (Å²) >= 11 is 0. The van der Waals surface area contributed by atoms with Gasteiger partial charge in [0, 0.05) is 36.6 Å². The van der Waals surface area contributed by atoms with E-state index in [0.717, 1.165) is 67.0 Å². The van der Waals surface area contributed by atoms with E-state index in [0.29, 0.717) is 18.3 Å². The minimum atomic E-state index is -5.24. The zero-order valence-electron chi connectivity index (χ0n) is 23.7. The van der Waals surface area contributed by atoms with Gasteiger partial charge in [0.05, 0.1) is 25.8 Å². The Labute approximate surface area is 247 Å². The van der Waals surface area contributed by atoms with Crippen LogP contribution in [0.25, 0.3) is 11.3 Å². The van der Waals surface area contributed by atoms with Gasteiger partial charge >= 0.3 is 18.1 Å². The molecule has 5 rings (SSSR count). The highest BCUT2D eigenvalue weighted by molar-refractivity contribution is 5.78. The SMILES string of the molecule is COc1ccc(-c2ccccn2)c(N2CCC(COc3cccc([C@@H](CC(=O)OOC(=O)C(F)(F)F)C4CC4)c3)CC2)c1. The van der Waals surface area contributed by atoms with Crippen LogP contribution in [0, 0.1) is 11.8 Å². The second-order valence-corrected chi connectivity index (χ2v) is 10.9. The Bertz CT molecular complexity index is 1410. The number of nitrogens with zero attached hydrogens (tertiary/aromatic N) is 2. The fourth-order valence-corrected chi connectivity index (χ4v) is 5.43. The van der Waals surface area contributed by atoms with Gasteiger partial charge in [0.1, 0.15) is 11.5 Å². The Hall–Kier alpha value is -4.28. The van der Waals surface area contributed by atoms with E-state index in [4.69, 9.17) is 9.47 Å². The number of carbonyl (C=O) groups excluding carboxylic acids is 2. The van der Waals surface area contributed by atoms with E-state index in [1.165, 1.54) is 0 Å². The summed E-state index contributed by atoms with van der Waals surface area (Å²) in [5.41, 5.74) is 3.88. The number of hydrogen-bond acceptors (Lipinski definition) is 8. The van der Waals surface area contributed by atoms with Crippen LogP contribution in [-0.4, -0.2) is 49.9 Å². The van der Waals surface area contributed by atoms with Crippen LogP contribution in [0.15, 0.2) is 66.9 Å². The predicted octanol–water partition coefficient (Wildman–Crippen LogP) is 6.50. The lowest BCUT2D eigenvalue weighted by Gasteiger charge is -2.34. The molecule has 11 heteroatoms. The van der Waals surface area contributed by atoms with Crippen molar-refractivity contribution in [3.8, 4) is 22.8 Å². The molecule has 228 valence electrons. The maximum atomic E-state index is 12.3. The number of ether oxygens (including phenoxy) is 2. The fourth-order valence-electron chi connectivity index (χ4n) is 5.43. The number of aromatic nitrogens is 1. The average molecular weight is 599 g/mol. The van der Waals surface area contributed by atoms with Crippen LogP contribution in [0.1, 0.15) is 43.6 Å². The molecule has 0 amide bonds. The number of anilines is 1. The van der Waals surface area contributed by atoms with Crippen LogP contribution in [0.5, 0.6) is 11.5 Å². The first-order valence-corrected chi connectivity index (χ1v) is 14.3. The first kappa shape index (κ1) is 30.2. The summed E-state index contributed by atoms with van der Waals surface area (Å²) in [6, 6.07) is 19.3. The molecule has 3 aromatic rings. The van der Waals surface area contributed by atoms with Gasteiger partial charge in [-0.3, -0.25) is 4.98 Å². The smallest absolute Gasteiger partial charge is 0.495 e. The summed E-state index contributed by atoms with van der Waals surface area (Å²) in [4.78, 5) is 37.7. The summed E-state index contributed by atoms with van der Waals surface area (Å²) in [7, 11) is 1.66. The van der Waals surface area contributed by atoms with Crippen molar-refractivity contribution in [2.75, 3.05) is 31.7 Å². The minimum Gasteiger partial charge on any atom is -0.497 e. The van der Waals surface area contributed by atoms with Crippen molar-refractivity contribution in [1.29, 1.82) is 0 Å². The Morgan fingerprint density at radius 2 is 1.74 bits per heavy atom. The third-order valence-corrected chi connectivity index (χ3v) is 7.89. The second-order valence-electron chi connectivity index (χ2n) is 10.9. The molecule has 1 saturated carbocycles. The zero-order chi connectivity index (χ0) is 30.4. The predicted molar refractivity (Wildman–Crippen MR) is 151 cm³/mol. The molecule has 1 aliphatic carbocycles. The molecular formula is C32H33F3N2O6. The molecule has 2 aromatic carbocycles. The summed E-state index contributed by atoms with van der Waals surface area (Å²) in [6.45, 7) is 2.24. The van der Waals surface area contributed by atoms with Gasteiger partial charge in [-0.1, -0.05) is 18.2 Å². The topological polar surface area (TPSA) is 87.2 Å². The fraction of sp³-hybridized carbons (Fsp3) is 0.406. The molecule has 0 unspecified atom stereocenters. The summed E-state index contributed by atoms with van der Waals surface area (Å²) in [5, 5.41) is 0. The van der Waals surface area contributed by atoms with Gasteiger partial charge in [0.25, 0.3) is 0 Å². The van der Waals surface area contributed by atoms with E-state index < -0.39 is 18.1 Å². The molecule has 1 aliphatic heterocycles. The Morgan fingerprint density at radius 3 is 2.42 bits per heavy atom. The summed E-state index contributed by atoms with van der Waals surface area (Å²) in [6.07, 6.45) is -0.00958. The molecule has 2 heterocycles. The molecule has 2 fully saturated rings. The monoisotopic (exact) mass is 598 g/mol. The minimum absolute atomic E-state index is 0.193. The van der Waals surface area contributed by atoms with Crippen LogP contribution in [0.2, 0.25) is 0 Å². The number of carbonyl (C=O) groups is 2. The van der Waals surface area contributed by atoms with Gasteiger partial charge in [0.15, 0.2) is 0 Å². The molecule has 0 radical (unpaired) electrons. The van der Waals surface area contributed by atoms with E-state index in [9.17, 15) is 22.8 Å². The molecule has 1 aromatic heterocycles. The quantitative estimate of drug-likeness (QED) is 0.193. The Balaban J connectivity index is 1.16. The standard InChI is InChI=1S/C32H33F3N2O6/c1-40-24-10-11-26(28-7-2-3-14-36-28)29(18-24)37-15-12-21(13-16-37)20-41-25-6-4-5-23(17-25)27(22-8-9-22)19-30(38)42-43-31(39)32(33,34)35/h2-7,10-11,14,17-18,21-22,27H,8-9,12-13,15-16,19-20H2,1H3/t27-/m0/s1. The number of hydrogen-bond donors (Lipinski definition) is 0. The van der Waals surface area contributed by atoms with Gasteiger partial charge in [-0.15, -0.1) is 0 Å². The second kappa shape index (κ2) is 13.4. The van der Waals surface area contributed by atoms with Crippen LogP contribution < -0.4 is 14.4 Å². The van der Waals surface area contributed by atoms with Gasteiger partial charge in [-0.2, -0.15) is 13.2 Å². The zero-order valence-corrected chi connectivity index (χ0v) is 23.7. The lowest BCUT2D eigenvalue weighted by atomic mass is 9.91. The van der Waals surface area contributed by atoms with Crippen LogP contribution in [0.4, 0.5) is 18.9 Å². The van der Waals surface area contributed by atoms with E-state index in [1.807, 2.05) is 54.6 Å². The summed E-state index contributed by atoms with van der Waals surface area (Å²) in [5.74, 6) is -1.88. The number of rotatable bonds is 10. The average Bonchev–Trinajstić information content (AvgIpc) is 3.87. The molecule has 1 atom stereocenters. The maximum Gasteiger partial charge on any atom is 0.495 e. The van der Waals surface area contributed by atoms with Gasteiger partial charge in [0.2, 0.25) is 0 Å². The Kier molecular flexibility index (Phi) is 9.37. The Morgan fingerprint density at radius 1 is 0.953 bits per heavy atom. The number of alkyl halides is 3. The lowest BCUT2D eigenvalue weighted by Crippen LogP contribution is -2.35. The molecule has 8 nitrogen and oxygen atoms in total. The number of methoxy groups -OCH3 is 1. The van der Waals surface area contributed by atoms with E-state index in [-0.39, 0.29) is 18.3 Å². The van der Waals surface area contributed by atoms with Crippen molar-refractivity contribution in [1.82, 2.24) is 4.98 Å². The van der Waals surface area contributed by atoms with Crippen molar-refractivity contribution in [3.05, 3.63) is 72.4 Å². The van der Waals surface area contributed by atoms with Gasteiger partial charge < -0.3 is 14.4 Å². The van der Waals surface area contributed by atoms with Gasteiger partial charge in [-0.25, -0.2) is 19.4 Å². The van der Waals surface area contributed by atoms with Crippen LogP contribution in [0.3, 0.4) is 0 Å². The van der Waals surface area contributed by atoms with E-state index in [2.05, 4.69) is 25.7 Å². The van der Waals surface area contributed by atoms with E-state index >= 15 is 0 Å². The third kappa shape index (κ3) is 7.97. The summed E-state index contributed by atoms with van der Waals surface area (Å²) < 4.78 is 48.7. The largest absolute Gasteiger partial charge is 0.497 e. The normalized spacial score (nSPS) is 16.3. The lowest BCUT2D eigenvalue weighted by molar-refractivity contribution is -0.286. The molecule has 0 spiro atoms. The highest BCUT2D eigenvalue weighted by Crippen LogP contribution is 2.45. The molecule has 43 heavy (non-hydrogen) atoms. The molecule has 0 N–H and O–H groups in total. The first-order chi connectivity index (χ1) is 20.7. The number of piperidine rings is 1. The highest BCUT2D eigenvalue weighted by atomic mass is 19.4. The molecule has 0 bridgehead atoms. The van der Waals surface area contributed by atoms with Crippen molar-refractivity contribution in [3.63, 3.8) is 0 Å². The van der Waals surface area contributed by atoms with Gasteiger partial charge in [-0.05, 0) is 85.4 Å². The third-order valence-electron chi connectivity index (χ3n) is 7.89. The van der Waals surface area contributed by atoms with Crippen molar-refractivity contribution in [2.24, 2.45) is 11.8 Å². The van der Waals surface area contributed by atoms with Crippen molar-refractivity contribution >= 4 is 17.6 Å². The maximum absolute atomic E-state index is 12.3. The number of halogens is 3. The van der Waals surface area contributed by atoms with Crippen molar-refractivity contribution < 1.29 is 42.0 Å².